The first-order valence-electron chi connectivity index (χ1n) is 9.07. The number of hydrogen-bond acceptors (Lipinski definition) is 3. The number of carbonyl (C=O) groups is 1. The van der Waals surface area contributed by atoms with Gasteiger partial charge in [0, 0.05) is 6.04 Å². The summed E-state index contributed by atoms with van der Waals surface area (Å²) in [6.07, 6.45) is 4.75. The van der Waals surface area contributed by atoms with Gasteiger partial charge in [-0.1, -0.05) is 32.9 Å². The largest absolute Gasteiger partial charge is 0.351 e. The van der Waals surface area contributed by atoms with E-state index in [0.29, 0.717) is 11.4 Å². The molecule has 2 aliphatic rings. The van der Waals surface area contributed by atoms with E-state index in [4.69, 9.17) is 0 Å². The Hall–Kier alpha value is -2.17. The predicted octanol–water partition coefficient (Wildman–Crippen LogP) is 2.73. The van der Waals surface area contributed by atoms with Gasteiger partial charge in [0.05, 0.1) is 17.2 Å². The Bertz CT molecular complexity index is 901. The van der Waals surface area contributed by atoms with Gasteiger partial charge in [0.1, 0.15) is 6.54 Å². The van der Waals surface area contributed by atoms with Gasteiger partial charge in [-0.3, -0.25) is 14.2 Å². The Morgan fingerprint density at radius 3 is 2.76 bits per heavy atom. The molecule has 1 aromatic heterocycles. The van der Waals surface area contributed by atoms with Crippen LogP contribution in [0.25, 0.3) is 11.0 Å². The molecule has 0 radical (unpaired) electrons. The van der Waals surface area contributed by atoms with Crippen molar-refractivity contribution in [3.05, 3.63) is 40.8 Å². The van der Waals surface area contributed by atoms with Crippen molar-refractivity contribution in [3.8, 4) is 0 Å². The van der Waals surface area contributed by atoms with Crippen molar-refractivity contribution in [1.82, 2.24) is 14.9 Å². The number of hydrogen-bond donors (Lipinski definition) is 1. The van der Waals surface area contributed by atoms with Gasteiger partial charge in [0.25, 0.3) is 5.56 Å². The molecular weight excluding hydrogens is 314 g/mol. The highest BCUT2D eigenvalue weighted by molar-refractivity contribution is 5.80. The van der Waals surface area contributed by atoms with Gasteiger partial charge in [0.15, 0.2) is 0 Å². The standard InChI is InChI=1S/C20H25N3O2/c1-19(2)13-8-9-20(19,3)16(10-13)22-17(24)12-23-15-7-5-4-6-14(15)21-11-18(23)25/h4-7,11,13,16H,8-10,12H2,1-3H3,(H,22,24)/t13-,16+,20-/m1/s1. The molecule has 1 N–H and O–H groups in total. The van der Waals surface area contributed by atoms with Crippen LogP contribution in [0.15, 0.2) is 35.3 Å². The number of amides is 1. The summed E-state index contributed by atoms with van der Waals surface area (Å²) in [5, 5.41) is 3.23. The zero-order valence-electron chi connectivity index (χ0n) is 15.1. The third-order valence-electron chi connectivity index (χ3n) is 7.18. The van der Waals surface area contributed by atoms with E-state index in [1.54, 1.807) is 0 Å². The van der Waals surface area contributed by atoms with Crippen molar-refractivity contribution >= 4 is 16.9 Å². The van der Waals surface area contributed by atoms with Crippen molar-refractivity contribution < 1.29 is 4.79 Å². The smallest absolute Gasteiger partial charge is 0.269 e. The number of nitrogens with zero attached hydrogens (tertiary/aromatic N) is 2. The van der Waals surface area contributed by atoms with Crippen LogP contribution in [0.1, 0.15) is 40.0 Å². The average Bonchev–Trinajstić information content (AvgIpc) is 2.91. The lowest BCUT2D eigenvalue weighted by Crippen LogP contribution is -2.48. The lowest BCUT2D eigenvalue weighted by Gasteiger charge is -2.39. The summed E-state index contributed by atoms with van der Waals surface area (Å²) >= 11 is 0. The number of rotatable bonds is 3. The summed E-state index contributed by atoms with van der Waals surface area (Å²) in [6, 6.07) is 7.61. The van der Waals surface area contributed by atoms with Crippen LogP contribution in [0.2, 0.25) is 0 Å². The summed E-state index contributed by atoms with van der Waals surface area (Å²) in [7, 11) is 0. The SMILES string of the molecule is CC1(C)[C@@H]2CC[C@]1(C)[C@@H](NC(=O)Cn1c(=O)cnc3ccccc31)C2. The Morgan fingerprint density at radius 1 is 1.32 bits per heavy atom. The number of benzene rings is 1. The third kappa shape index (κ3) is 2.32. The van der Waals surface area contributed by atoms with Crippen LogP contribution in [-0.4, -0.2) is 21.5 Å². The van der Waals surface area contributed by atoms with Crippen molar-refractivity contribution in [1.29, 1.82) is 0 Å². The molecule has 4 rings (SSSR count). The van der Waals surface area contributed by atoms with Crippen LogP contribution in [0.4, 0.5) is 0 Å². The fraction of sp³-hybridized carbons (Fsp3) is 0.550. The fourth-order valence-electron chi connectivity index (χ4n) is 5.08. The van der Waals surface area contributed by atoms with Gasteiger partial charge in [0.2, 0.25) is 5.91 Å². The number of aromatic nitrogens is 2. The van der Waals surface area contributed by atoms with E-state index >= 15 is 0 Å². The number of fused-ring (bicyclic) bond motifs is 3. The zero-order chi connectivity index (χ0) is 17.8. The van der Waals surface area contributed by atoms with Gasteiger partial charge < -0.3 is 5.32 Å². The maximum atomic E-state index is 12.7. The van der Waals surface area contributed by atoms with Gasteiger partial charge in [-0.25, -0.2) is 4.98 Å². The fourth-order valence-corrected chi connectivity index (χ4v) is 5.08. The molecule has 2 aliphatic carbocycles. The van der Waals surface area contributed by atoms with Crippen LogP contribution < -0.4 is 10.9 Å². The second kappa shape index (κ2) is 5.41. The van der Waals surface area contributed by atoms with Gasteiger partial charge >= 0.3 is 0 Å². The van der Waals surface area contributed by atoms with E-state index < -0.39 is 0 Å². The normalized spacial score (nSPS) is 29.9. The average molecular weight is 339 g/mol. The molecule has 0 saturated heterocycles. The molecule has 25 heavy (non-hydrogen) atoms. The van der Waals surface area contributed by atoms with Crippen molar-refractivity contribution in [2.45, 2.75) is 52.6 Å². The lowest BCUT2D eigenvalue weighted by atomic mass is 9.69. The molecule has 5 heteroatoms. The first kappa shape index (κ1) is 16.3. The number of para-hydroxylation sites is 2. The molecule has 0 spiro atoms. The minimum absolute atomic E-state index is 0.0412. The molecule has 1 aromatic carbocycles. The highest BCUT2D eigenvalue weighted by atomic mass is 16.2. The summed E-state index contributed by atoms with van der Waals surface area (Å²) in [5.41, 5.74) is 1.57. The van der Waals surface area contributed by atoms with Gasteiger partial charge in [-0.2, -0.15) is 0 Å². The van der Waals surface area contributed by atoms with Crippen molar-refractivity contribution in [2.75, 3.05) is 0 Å². The second-order valence-electron chi connectivity index (χ2n) is 8.40. The van der Waals surface area contributed by atoms with Crippen molar-refractivity contribution in [2.24, 2.45) is 16.7 Å². The van der Waals surface area contributed by atoms with Gasteiger partial charge in [-0.05, 0) is 48.1 Å². The van der Waals surface area contributed by atoms with E-state index in [1.807, 2.05) is 24.3 Å². The second-order valence-corrected chi connectivity index (χ2v) is 8.40. The van der Waals surface area contributed by atoms with E-state index in [-0.39, 0.29) is 34.9 Å². The van der Waals surface area contributed by atoms with Crippen LogP contribution in [0, 0.1) is 16.7 Å². The monoisotopic (exact) mass is 339 g/mol. The van der Waals surface area contributed by atoms with Crippen LogP contribution >= 0.6 is 0 Å². The molecule has 2 fully saturated rings. The highest BCUT2D eigenvalue weighted by Gasteiger charge is 2.61. The molecule has 5 nitrogen and oxygen atoms in total. The minimum Gasteiger partial charge on any atom is -0.351 e. The lowest BCUT2D eigenvalue weighted by molar-refractivity contribution is -0.123. The first-order valence-corrected chi connectivity index (χ1v) is 9.07. The zero-order valence-corrected chi connectivity index (χ0v) is 15.1. The molecule has 0 unspecified atom stereocenters. The van der Waals surface area contributed by atoms with Gasteiger partial charge in [-0.15, -0.1) is 0 Å². The molecule has 1 heterocycles. The molecular formula is C20H25N3O2. The Morgan fingerprint density at radius 2 is 2.08 bits per heavy atom. The summed E-state index contributed by atoms with van der Waals surface area (Å²) in [6.45, 7) is 7.01. The summed E-state index contributed by atoms with van der Waals surface area (Å²) < 4.78 is 1.51. The van der Waals surface area contributed by atoms with E-state index in [2.05, 4.69) is 31.1 Å². The topological polar surface area (TPSA) is 64.0 Å². The Kier molecular flexibility index (Phi) is 3.53. The molecule has 0 aliphatic heterocycles. The predicted molar refractivity (Wildman–Crippen MR) is 97.2 cm³/mol. The number of carbonyl (C=O) groups excluding carboxylic acids is 1. The molecule has 2 saturated carbocycles. The molecule has 132 valence electrons. The van der Waals surface area contributed by atoms with E-state index in [0.717, 1.165) is 18.4 Å². The maximum absolute atomic E-state index is 12.7. The van der Waals surface area contributed by atoms with Crippen molar-refractivity contribution in [3.63, 3.8) is 0 Å². The van der Waals surface area contributed by atoms with E-state index in [9.17, 15) is 9.59 Å². The molecule has 2 aromatic rings. The molecule has 2 bridgehead atoms. The highest BCUT2D eigenvalue weighted by Crippen LogP contribution is 2.65. The summed E-state index contributed by atoms with van der Waals surface area (Å²) in [5.74, 6) is 0.584. The molecule has 3 atom stereocenters. The van der Waals surface area contributed by atoms with E-state index in [1.165, 1.54) is 17.2 Å². The molecule has 1 amide bonds. The Balaban J connectivity index is 1.57. The Labute approximate surface area is 147 Å². The van der Waals surface area contributed by atoms with Crippen LogP contribution in [0.5, 0.6) is 0 Å². The minimum atomic E-state index is -0.242. The maximum Gasteiger partial charge on any atom is 0.269 e. The van der Waals surface area contributed by atoms with Crippen LogP contribution in [0.3, 0.4) is 0 Å². The van der Waals surface area contributed by atoms with Crippen LogP contribution in [-0.2, 0) is 11.3 Å². The quantitative estimate of drug-likeness (QED) is 0.935. The number of nitrogens with one attached hydrogen (secondary N) is 1. The third-order valence-corrected chi connectivity index (χ3v) is 7.18. The summed E-state index contributed by atoms with van der Waals surface area (Å²) in [4.78, 5) is 29.1. The first-order chi connectivity index (χ1) is 11.8.